The molecule has 20 heavy (non-hydrogen) atoms. The van der Waals surface area contributed by atoms with Crippen molar-refractivity contribution in [3.05, 3.63) is 53.6 Å². The van der Waals surface area contributed by atoms with Crippen LogP contribution in [0.1, 0.15) is 21.6 Å². The molecule has 0 bridgehead atoms. The van der Waals surface area contributed by atoms with E-state index >= 15 is 0 Å². The van der Waals surface area contributed by atoms with Gasteiger partial charge in [0.05, 0.1) is 11.3 Å². The lowest BCUT2D eigenvalue weighted by Gasteiger charge is -2.08. The van der Waals surface area contributed by atoms with Gasteiger partial charge in [-0.15, -0.1) is 0 Å². The zero-order valence-corrected chi connectivity index (χ0v) is 11.7. The fourth-order valence-corrected chi connectivity index (χ4v) is 1.72. The third-order valence-corrected chi connectivity index (χ3v) is 3.00. The van der Waals surface area contributed by atoms with Crippen molar-refractivity contribution < 1.29 is 4.79 Å². The van der Waals surface area contributed by atoms with Gasteiger partial charge in [0, 0.05) is 37.4 Å². The molecule has 0 atom stereocenters. The fourth-order valence-electron chi connectivity index (χ4n) is 1.72. The van der Waals surface area contributed by atoms with Gasteiger partial charge in [0.25, 0.3) is 5.91 Å². The highest BCUT2D eigenvalue weighted by Gasteiger charge is 2.06. The Labute approximate surface area is 118 Å². The summed E-state index contributed by atoms with van der Waals surface area (Å²) in [5.74, 6) is -0.103. The standard InChI is InChI=1S/C15H18N4O/c1-11-8-13(9-19-12(11)2)15(20)18-7-6-17-14-4-3-5-16-10-14/h3-5,8-10,17H,6-7H2,1-2H3,(H,18,20). The molecule has 0 aliphatic rings. The summed E-state index contributed by atoms with van der Waals surface area (Å²) >= 11 is 0. The van der Waals surface area contributed by atoms with Crippen LogP contribution in [0.3, 0.4) is 0 Å². The van der Waals surface area contributed by atoms with Crippen LogP contribution < -0.4 is 10.6 Å². The molecule has 1 amide bonds. The molecule has 2 N–H and O–H groups in total. The molecule has 0 fully saturated rings. The first-order valence-electron chi connectivity index (χ1n) is 6.52. The molecule has 0 unspecified atom stereocenters. The largest absolute Gasteiger partial charge is 0.382 e. The van der Waals surface area contributed by atoms with Crippen LogP contribution in [0.15, 0.2) is 36.8 Å². The average molecular weight is 270 g/mol. The minimum atomic E-state index is -0.103. The van der Waals surface area contributed by atoms with Crippen molar-refractivity contribution >= 4 is 11.6 Å². The molecule has 2 rings (SSSR count). The van der Waals surface area contributed by atoms with E-state index in [1.165, 1.54) is 0 Å². The zero-order chi connectivity index (χ0) is 14.4. The summed E-state index contributed by atoms with van der Waals surface area (Å²) in [6, 6.07) is 5.65. The first-order chi connectivity index (χ1) is 9.66. The van der Waals surface area contributed by atoms with E-state index in [0.717, 1.165) is 16.9 Å². The van der Waals surface area contributed by atoms with Gasteiger partial charge >= 0.3 is 0 Å². The van der Waals surface area contributed by atoms with E-state index in [4.69, 9.17) is 0 Å². The number of hydrogen-bond donors (Lipinski definition) is 2. The molecule has 0 aromatic carbocycles. The van der Waals surface area contributed by atoms with Gasteiger partial charge in [-0.05, 0) is 37.6 Å². The van der Waals surface area contributed by atoms with Gasteiger partial charge in [-0.2, -0.15) is 0 Å². The second-order valence-electron chi connectivity index (χ2n) is 4.55. The van der Waals surface area contributed by atoms with Crippen molar-refractivity contribution in [2.24, 2.45) is 0 Å². The van der Waals surface area contributed by atoms with Gasteiger partial charge in [0.15, 0.2) is 0 Å². The highest BCUT2D eigenvalue weighted by molar-refractivity contribution is 5.94. The smallest absolute Gasteiger partial charge is 0.252 e. The van der Waals surface area contributed by atoms with Crippen molar-refractivity contribution in [2.75, 3.05) is 18.4 Å². The van der Waals surface area contributed by atoms with Crippen molar-refractivity contribution in [1.29, 1.82) is 0 Å². The highest BCUT2D eigenvalue weighted by atomic mass is 16.1. The summed E-state index contributed by atoms with van der Waals surface area (Å²) in [6.07, 6.45) is 5.07. The second-order valence-corrected chi connectivity index (χ2v) is 4.55. The molecule has 0 saturated heterocycles. The number of hydrogen-bond acceptors (Lipinski definition) is 4. The minimum Gasteiger partial charge on any atom is -0.382 e. The molecular formula is C15H18N4O. The molecule has 0 aliphatic carbocycles. The molecule has 2 aromatic heterocycles. The van der Waals surface area contributed by atoms with Crippen molar-refractivity contribution in [3.8, 4) is 0 Å². The number of carbonyl (C=O) groups excluding carboxylic acids is 1. The van der Waals surface area contributed by atoms with E-state index in [-0.39, 0.29) is 5.91 Å². The molecule has 0 radical (unpaired) electrons. The van der Waals surface area contributed by atoms with Gasteiger partial charge in [0.1, 0.15) is 0 Å². The summed E-state index contributed by atoms with van der Waals surface area (Å²) in [5, 5.41) is 6.03. The van der Waals surface area contributed by atoms with Crippen LogP contribution in [-0.2, 0) is 0 Å². The van der Waals surface area contributed by atoms with Crippen LogP contribution >= 0.6 is 0 Å². The monoisotopic (exact) mass is 270 g/mol. The Morgan fingerprint density at radius 3 is 2.80 bits per heavy atom. The van der Waals surface area contributed by atoms with Crippen LogP contribution in [0.5, 0.6) is 0 Å². The topological polar surface area (TPSA) is 66.9 Å². The van der Waals surface area contributed by atoms with Gasteiger partial charge in [-0.25, -0.2) is 0 Å². The summed E-state index contributed by atoms with van der Waals surface area (Å²) in [7, 11) is 0. The number of aryl methyl sites for hydroxylation is 2. The first kappa shape index (κ1) is 14.0. The van der Waals surface area contributed by atoms with Crippen molar-refractivity contribution in [3.63, 3.8) is 0 Å². The maximum absolute atomic E-state index is 11.9. The Hall–Kier alpha value is -2.43. The third kappa shape index (κ3) is 3.78. The Balaban J connectivity index is 1.79. The molecule has 0 saturated carbocycles. The second kappa shape index (κ2) is 6.65. The van der Waals surface area contributed by atoms with Gasteiger partial charge in [-0.1, -0.05) is 0 Å². The Morgan fingerprint density at radius 1 is 1.25 bits per heavy atom. The highest BCUT2D eigenvalue weighted by Crippen LogP contribution is 2.06. The van der Waals surface area contributed by atoms with Gasteiger partial charge in [0.2, 0.25) is 0 Å². The van der Waals surface area contributed by atoms with E-state index in [9.17, 15) is 4.79 Å². The molecular weight excluding hydrogens is 252 g/mol. The molecule has 104 valence electrons. The lowest BCUT2D eigenvalue weighted by Crippen LogP contribution is -2.29. The normalized spacial score (nSPS) is 10.1. The average Bonchev–Trinajstić information content (AvgIpc) is 2.47. The first-order valence-corrected chi connectivity index (χ1v) is 6.52. The summed E-state index contributed by atoms with van der Waals surface area (Å²) in [4.78, 5) is 20.1. The maximum Gasteiger partial charge on any atom is 0.252 e. The number of amides is 1. The predicted octanol–water partition coefficient (Wildman–Crippen LogP) is 1.94. The molecule has 5 nitrogen and oxygen atoms in total. The van der Waals surface area contributed by atoms with Crippen LogP contribution in [0.4, 0.5) is 5.69 Å². The van der Waals surface area contributed by atoms with E-state index in [0.29, 0.717) is 18.7 Å². The number of anilines is 1. The number of nitrogens with zero attached hydrogens (tertiary/aromatic N) is 2. The van der Waals surface area contributed by atoms with Gasteiger partial charge < -0.3 is 10.6 Å². The van der Waals surface area contributed by atoms with E-state index in [1.807, 2.05) is 32.0 Å². The summed E-state index contributed by atoms with van der Waals surface area (Å²) in [6.45, 7) is 5.06. The maximum atomic E-state index is 11.9. The number of pyridine rings is 2. The number of nitrogens with one attached hydrogen (secondary N) is 2. The Morgan fingerprint density at radius 2 is 2.10 bits per heavy atom. The third-order valence-electron chi connectivity index (χ3n) is 3.00. The molecule has 0 aliphatic heterocycles. The lowest BCUT2D eigenvalue weighted by atomic mass is 10.1. The summed E-state index contributed by atoms with van der Waals surface area (Å²) in [5.41, 5.74) is 3.50. The van der Waals surface area contributed by atoms with Crippen LogP contribution in [0.25, 0.3) is 0 Å². The minimum absolute atomic E-state index is 0.103. The number of aromatic nitrogens is 2. The van der Waals surface area contributed by atoms with Crippen molar-refractivity contribution in [1.82, 2.24) is 15.3 Å². The SMILES string of the molecule is Cc1cc(C(=O)NCCNc2cccnc2)cnc1C. The van der Waals surface area contributed by atoms with E-state index < -0.39 is 0 Å². The fraction of sp³-hybridized carbons (Fsp3) is 0.267. The van der Waals surface area contributed by atoms with Gasteiger partial charge in [-0.3, -0.25) is 14.8 Å². The van der Waals surface area contributed by atoms with Crippen LogP contribution in [-0.4, -0.2) is 29.0 Å². The predicted molar refractivity (Wildman–Crippen MR) is 78.8 cm³/mol. The van der Waals surface area contributed by atoms with Crippen LogP contribution in [0.2, 0.25) is 0 Å². The molecule has 0 spiro atoms. The molecule has 2 heterocycles. The zero-order valence-electron chi connectivity index (χ0n) is 11.7. The Kier molecular flexibility index (Phi) is 4.65. The molecule has 2 aromatic rings. The quantitative estimate of drug-likeness (QED) is 0.815. The van der Waals surface area contributed by atoms with Crippen LogP contribution in [0, 0.1) is 13.8 Å². The van der Waals surface area contributed by atoms with E-state index in [2.05, 4.69) is 20.6 Å². The summed E-state index contributed by atoms with van der Waals surface area (Å²) < 4.78 is 0. The number of rotatable bonds is 5. The number of carbonyl (C=O) groups is 1. The Bertz CT molecular complexity index is 584. The van der Waals surface area contributed by atoms with E-state index in [1.54, 1.807) is 18.6 Å². The molecule has 5 heteroatoms. The van der Waals surface area contributed by atoms with Crippen molar-refractivity contribution in [2.45, 2.75) is 13.8 Å². The lowest BCUT2D eigenvalue weighted by molar-refractivity contribution is 0.0954.